The number of benzene rings is 1. The lowest BCUT2D eigenvalue weighted by molar-refractivity contribution is -0.141. The van der Waals surface area contributed by atoms with Gasteiger partial charge in [-0.3, -0.25) is 9.59 Å². The van der Waals surface area contributed by atoms with E-state index in [-0.39, 0.29) is 24.7 Å². The molecule has 0 saturated heterocycles. The molecular formula is C19H24N4O4. The van der Waals surface area contributed by atoms with E-state index < -0.39 is 17.9 Å². The molecule has 2 rings (SSSR count). The van der Waals surface area contributed by atoms with E-state index in [4.69, 9.17) is 0 Å². The van der Waals surface area contributed by atoms with Crippen molar-refractivity contribution in [2.75, 3.05) is 13.1 Å². The first-order valence-electron chi connectivity index (χ1n) is 8.62. The van der Waals surface area contributed by atoms with E-state index in [9.17, 15) is 19.5 Å². The van der Waals surface area contributed by atoms with Gasteiger partial charge in [0.2, 0.25) is 5.91 Å². The molecule has 1 unspecified atom stereocenters. The van der Waals surface area contributed by atoms with E-state index >= 15 is 0 Å². The number of carbonyl (C=O) groups excluding carboxylic acids is 2. The SMILES string of the molecule is CC(=O)NCCN(C(=O)c1cc(C)n(-c2ccc(C)cc2)n1)C(C)C(=O)O. The molecule has 2 N–H and O–H groups in total. The Bertz CT molecular complexity index is 842. The summed E-state index contributed by atoms with van der Waals surface area (Å²) in [5, 5.41) is 16.2. The molecule has 0 bridgehead atoms. The van der Waals surface area contributed by atoms with Crippen molar-refractivity contribution in [3.8, 4) is 5.69 Å². The molecule has 27 heavy (non-hydrogen) atoms. The van der Waals surface area contributed by atoms with Gasteiger partial charge in [-0.2, -0.15) is 5.10 Å². The molecule has 144 valence electrons. The number of aromatic nitrogens is 2. The Morgan fingerprint density at radius 2 is 1.85 bits per heavy atom. The summed E-state index contributed by atoms with van der Waals surface area (Å²) in [6.07, 6.45) is 0. The number of aliphatic carboxylic acids is 1. The molecule has 0 aliphatic heterocycles. The smallest absolute Gasteiger partial charge is 0.326 e. The second-order valence-corrected chi connectivity index (χ2v) is 6.41. The van der Waals surface area contributed by atoms with Gasteiger partial charge in [0.1, 0.15) is 6.04 Å². The van der Waals surface area contributed by atoms with E-state index in [1.165, 1.54) is 18.7 Å². The van der Waals surface area contributed by atoms with Crippen LogP contribution in [-0.4, -0.2) is 56.7 Å². The molecule has 2 amide bonds. The lowest BCUT2D eigenvalue weighted by Crippen LogP contribution is -2.46. The normalized spacial score (nSPS) is 11.7. The fourth-order valence-corrected chi connectivity index (χ4v) is 2.63. The average Bonchev–Trinajstić information content (AvgIpc) is 3.00. The molecule has 8 nitrogen and oxygen atoms in total. The topological polar surface area (TPSA) is 105 Å². The van der Waals surface area contributed by atoms with Crippen molar-refractivity contribution in [2.24, 2.45) is 0 Å². The molecule has 2 aromatic rings. The highest BCUT2D eigenvalue weighted by atomic mass is 16.4. The van der Waals surface area contributed by atoms with Gasteiger partial charge in [-0.1, -0.05) is 17.7 Å². The predicted molar refractivity (Wildman–Crippen MR) is 99.9 cm³/mol. The van der Waals surface area contributed by atoms with Gasteiger partial charge in [0.05, 0.1) is 5.69 Å². The summed E-state index contributed by atoms with van der Waals surface area (Å²) in [5.41, 5.74) is 2.84. The zero-order valence-electron chi connectivity index (χ0n) is 15.9. The van der Waals surface area contributed by atoms with Gasteiger partial charge >= 0.3 is 5.97 Å². The summed E-state index contributed by atoms with van der Waals surface area (Å²) in [6, 6.07) is 8.28. The van der Waals surface area contributed by atoms with Crippen LogP contribution in [0.4, 0.5) is 0 Å². The van der Waals surface area contributed by atoms with Crippen molar-refractivity contribution in [2.45, 2.75) is 33.7 Å². The lowest BCUT2D eigenvalue weighted by atomic mass is 10.2. The summed E-state index contributed by atoms with van der Waals surface area (Å²) in [5.74, 6) is -1.87. The number of amides is 2. The first-order valence-corrected chi connectivity index (χ1v) is 8.62. The quantitative estimate of drug-likeness (QED) is 0.767. The Labute approximate surface area is 157 Å². The van der Waals surface area contributed by atoms with Gasteiger partial charge in [-0.25, -0.2) is 9.48 Å². The first kappa shape index (κ1) is 20.2. The number of hydrogen-bond acceptors (Lipinski definition) is 4. The summed E-state index contributed by atoms with van der Waals surface area (Å²) >= 11 is 0. The molecule has 1 atom stereocenters. The number of nitrogens with one attached hydrogen (secondary N) is 1. The van der Waals surface area contributed by atoms with Crippen molar-refractivity contribution < 1.29 is 19.5 Å². The van der Waals surface area contributed by atoms with Crippen LogP contribution in [0.15, 0.2) is 30.3 Å². The average molecular weight is 372 g/mol. The fraction of sp³-hybridized carbons (Fsp3) is 0.368. The van der Waals surface area contributed by atoms with Crippen LogP contribution in [0.1, 0.15) is 35.6 Å². The molecular weight excluding hydrogens is 348 g/mol. The summed E-state index contributed by atoms with van der Waals surface area (Å²) in [6.45, 7) is 6.83. The van der Waals surface area contributed by atoms with Gasteiger partial charge in [0.15, 0.2) is 5.69 Å². The van der Waals surface area contributed by atoms with E-state index in [1.54, 1.807) is 10.7 Å². The molecule has 0 aliphatic rings. The number of hydrogen-bond donors (Lipinski definition) is 2. The summed E-state index contributed by atoms with van der Waals surface area (Å²) < 4.78 is 1.64. The van der Waals surface area contributed by atoms with E-state index in [2.05, 4.69) is 10.4 Å². The molecule has 0 aliphatic carbocycles. The molecule has 1 aromatic carbocycles. The first-order chi connectivity index (χ1) is 12.7. The standard InChI is InChI=1S/C19H24N4O4/c1-12-5-7-16(8-6-12)23-13(2)11-17(21-23)18(25)22(14(3)19(26)27)10-9-20-15(4)24/h5-8,11,14H,9-10H2,1-4H3,(H,20,24)(H,26,27). The van der Waals surface area contributed by atoms with Crippen LogP contribution in [-0.2, 0) is 9.59 Å². The Morgan fingerprint density at radius 1 is 1.22 bits per heavy atom. The minimum Gasteiger partial charge on any atom is -0.480 e. The largest absolute Gasteiger partial charge is 0.480 e. The molecule has 8 heteroatoms. The Balaban J connectivity index is 2.28. The third-order valence-corrected chi connectivity index (χ3v) is 4.20. The number of carbonyl (C=O) groups is 3. The molecule has 0 fully saturated rings. The Hall–Kier alpha value is -3.16. The van der Waals surface area contributed by atoms with E-state index in [1.807, 2.05) is 38.1 Å². The second kappa shape index (κ2) is 8.48. The summed E-state index contributed by atoms with van der Waals surface area (Å²) in [7, 11) is 0. The van der Waals surface area contributed by atoms with Gasteiger partial charge in [-0.05, 0) is 39.0 Å². The molecule has 0 radical (unpaired) electrons. The summed E-state index contributed by atoms with van der Waals surface area (Å²) in [4.78, 5) is 36.5. The van der Waals surface area contributed by atoms with Crippen LogP contribution >= 0.6 is 0 Å². The molecule has 0 spiro atoms. The molecule has 0 saturated carbocycles. The number of aryl methyl sites for hydroxylation is 2. The number of nitrogens with zero attached hydrogens (tertiary/aromatic N) is 3. The van der Waals surface area contributed by atoms with E-state index in [0.29, 0.717) is 0 Å². The minimum absolute atomic E-state index is 0.0717. The maximum Gasteiger partial charge on any atom is 0.326 e. The van der Waals surface area contributed by atoms with Crippen LogP contribution in [0, 0.1) is 13.8 Å². The van der Waals surface area contributed by atoms with Gasteiger partial charge in [-0.15, -0.1) is 0 Å². The highest BCUT2D eigenvalue weighted by Crippen LogP contribution is 2.15. The maximum atomic E-state index is 12.9. The van der Waals surface area contributed by atoms with E-state index in [0.717, 1.165) is 16.9 Å². The highest BCUT2D eigenvalue weighted by Gasteiger charge is 2.28. The third kappa shape index (κ3) is 4.93. The van der Waals surface area contributed by atoms with Gasteiger partial charge in [0, 0.05) is 25.7 Å². The number of carboxylic acid groups (broad SMARTS) is 1. The zero-order chi connectivity index (χ0) is 20.1. The van der Waals surface area contributed by atoms with Crippen LogP contribution in [0.5, 0.6) is 0 Å². The Morgan fingerprint density at radius 3 is 2.41 bits per heavy atom. The number of carboxylic acids is 1. The number of rotatable bonds is 7. The van der Waals surface area contributed by atoms with Crippen LogP contribution < -0.4 is 5.32 Å². The second-order valence-electron chi connectivity index (χ2n) is 6.41. The van der Waals surface area contributed by atoms with Crippen molar-refractivity contribution in [3.05, 3.63) is 47.3 Å². The fourth-order valence-electron chi connectivity index (χ4n) is 2.63. The molecule has 1 aromatic heterocycles. The van der Waals surface area contributed by atoms with Crippen molar-refractivity contribution in [1.29, 1.82) is 0 Å². The third-order valence-electron chi connectivity index (χ3n) is 4.20. The minimum atomic E-state index is -1.12. The van der Waals surface area contributed by atoms with Crippen molar-refractivity contribution in [3.63, 3.8) is 0 Å². The maximum absolute atomic E-state index is 12.9. The zero-order valence-corrected chi connectivity index (χ0v) is 15.9. The Kier molecular flexibility index (Phi) is 6.33. The molecule has 1 heterocycles. The highest BCUT2D eigenvalue weighted by molar-refractivity contribution is 5.95. The lowest BCUT2D eigenvalue weighted by Gasteiger charge is -2.25. The van der Waals surface area contributed by atoms with Crippen LogP contribution in [0.25, 0.3) is 5.69 Å². The van der Waals surface area contributed by atoms with Crippen molar-refractivity contribution >= 4 is 17.8 Å². The monoisotopic (exact) mass is 372 g/mol. The predicted octanol–water partition coefficient (Wildman–Crippen LogP) is 1.54. The van der Waals surface area contributed by atoms with Crippen molar-refractivity contribution in [1.82, 2.24) is 20.0 Å². The van der Waals surface area contributed by atoms with Crippen LogP contribution in [0.3, 0.4) is 0 Å². The van der Waals surface area contributed by atoms with Gasteiger partial charge < -0.3 is 15.3 Å². The van der Waals surface area contributed by atoms with Gasteiger partial charge in [0.25, 0.3) is 5.91 Å². The van der Waals surface area contributed by atoms with Crippen LogP contribution in [0.2, 0.25) is 0 Å².